The summed E-state index contributed by atoms with van der Waals surface area (Å²) in [5.41, 5.74) is 1.72. The van der Waals surface area contributed by atoms with Gasteiger partial charge in [-0.05, 0) is 51.8 Å². The molecule has 4 N–H and O–H groups in total. The number of carbonyl (C=O) groups is 1. The number of aliphatic hydroxyl groups is 2. The van der Waals surface area contributed by atoms with Gasteiger partial charge in [-0.1, -0.05) is 11.5 Å². The molecule has 2 aromatic carbocycles. The van der Waals surface area contributed by atoms with Gasteiger partial charge in [-0.3, -0.25) is 4.79 Å². The second-order valence-corrected chi connectivity index (χ2v) is 9.30. The minimum absolute atomic E-state index is 0.0723. The van der Waals surface area contributed by atoms with Crippen LogP contribution in [0.4, 0.5) is 5.69 Å². The summed E-state index contributed by atoms with van der Waals surface area (Å²) in [6.45, 7) is -1.12. The van der Waals surface area contributed by atoms with Crippen LogP contribution in [-0.2, 0) is 14.8 Å². The second kappa shape index (κ2) is 8.90. The molecule has 30 heavy (non-hydrogen) atoms. The number of hydrogen-bond donors (Lipinski definition) is 4. The van der Waals surface area contributed by atoms with Gasteiger partial charge in [0.15, 0.2) is 0 Å². The van der Waals surface area contributed by atoms with Crippen LogP contribution in [0.15, 0.2) is 39.7 Å². The van der Waals surface area contributed by atoms with E-state index in [-0.39, 0.29) is 34.8 Å². The fourth-order valence-corrected chi connectivity index (χ4v) is 5.03. The third-order valence-electron chi connectivity index (χ3n) is 4.54. The summed E-state index contributed by atoms with van der Waals surface area (Å²) in [6.07, 6.45) is 1.54. The minimum Gasteiger partial charge on any atom is -0.507 e. The molecule has 0 fully saturated rings. The number of rotatable bonds is 7. The summed E-state index contributed by atoms with van der Waals surface area (Å²) < 4.78 is 27.2. The van der Waals surface area contributed by atoms with E-state index in [1.165, 1.54) is 30.3 Å². The largest absolute Gasteiger partial charge is 0.507 e. The van der Waals surface area contributed by atoms with Crippen LogP contribution in [0.3, 0.4) is 0 Å². The lowest BCUT2D eigenvalue weighted by Gasteiger charge is -2.20. The normalized spacial score (nSPS) is 14.9. The molecule has 0 saturated heterocycles. The van der Waals surface area contributed by atoms with E-state index < -0.39 is 29.1 Å². The van der Waals surface area contributed by atoms with Crippen LogP contribution in [0.25, 0.3) is 11.6 Å². The number of fused-ring (bicyclic) bond motifs is 1. The number of sulfonamides is 1. The molecule has 0 unspecified atom stereocenters. The summed E-state index contributed by atoms with van der Waals surface area (Å²) in [6, 6.07) is 7.28. The summed E-state index contributed by atoms with van der Waals surface area (Å²) in [7, 11) is 1.77. The topological polar surface area (TPSA) is 127 Å². The van der Waals surface area contributed by atoms with Gasteiger partial charge >= 0.3 is 0 Å². The second-order valence-electron chi connectivity index (χ2n) is 6.51. The predicted molar refractivity (Wildman–Crippen MR) is 117 cm³/mol. The van der Waals surface area contributed by atoms with Gasteiger partial charge in [0.05, 0.1) is 22.6 Å². The number of aliphatic hydroxyl groups excluding tert-OH is 2. The Hall–Kier alpha value is -2.18. The summed E-state index contributed by atoms with van der Waals surface area (Å²) in [4.78, 5) is 12.4. The number of nitrogens with one attached hydrogen (secondary N) is 1. The molecule has 2 aromatic rings. The Morgan fingerprint density at radius 3 is 2.40 bits per heavy atom. The standard InChI is InChI=1S/C19H18BBrN2O6S/c20-15-8-11(9-16(21)18(15)26)7-14-13-10-12(1-2-17(13)22-19(14)27)30(28,29)23(3-5-24)4-6-25/h1-2,7-10,24-26H,3-6H2,(H,22,27)/b14-7-. The zero-order chi connectivity index (χ0) is 22.1. The molecule has 0 spiro atoms. The van der Waals surface area contributed by atoms with Crippen molar-refractivity contribution in [2.24, 2.45) is 0 Å². The van der Waals surface area contributed by atoms with Gasteiger partial charge in [-0.2, -0.15) is 4.31 Å². The number of benzene rings is 2. The molecular formula is C19H18BBrN2O6S. The van der Waals surface area contributed by atoms with Crippen molar-refractivity contribution in [3.8, 4) is 5.75 Å². The molecule has 0 aliphatic carbocycles. The Morgan fingerprint density at radius 2 is 1.80 bits per heavy atom. The molecule has 0 aromatic heterocycles. The van der Waals surface area contributed by atoms with E-state index in [9.17, 15) is 18.3 Å². The van der Waals surface area contributed by atoms with Gasteiger partial charge in [0, 0.05) is 29.9 Å². The molecule has 0 atom stereocenters. The van der Waals surface area contributed by atoms with Crippen molar-refractivity contribution in [1.29, 1.82) is 0 Å². The van der Waals surface area contributed by atoms with Gasteiger partial charge in [0.1, 0.15) is 13.6 Å². The molecule has 156 valence electrons. The fraction of sp³-hybridized carbons (Fsp3) is 0.211. The van der Waals surface area contributed by atoms with E-state index >= 15 is 0 Å². The van der Waals surface area contributed by atoms with Crippen LogP contribution in [0.5, 0.6) is 5.75 Å². The van der Waals surface area contributed by atoms with E-state index in [1.807, 2.05) is 0 Å². The molecule has 2 radical (unpaired) electrons. The van der Waals surface area contributed by atoms with E-state index in [0.717, 1.165) is 4.31 Å². The fourth-order valence-electron chi connectivity index (χ4n) is 3.09. The molecule has 1 heterocycles. The first kappa shape index (κ1) is 22.5. The van der Waals surface area contributed by atoms with Crippen LogP contribution in [-0.4, -0.2) is 68.1 Å². The first-order chi connectivity index (χ1) is 14.2. The average molecular weight is 493 g/mol. The van der Waals surface area contributed by atoms with E-state index in [2.05, 4.69) is 21.2 Å². The first-order valence-electron chi connectivity index (χ1n) is 8.86. The monoisotopic (exact) mass is 492 g/mol. The number of hydrogen-bond acceptors (Lipinski definition) is 6. The maximum atomic E-state index is 12.9. The van der Waals surface area contributed by atoms with E-state index in [4.69, 9.17) is 18.1 Å². The number of phenolic OH excluding ortho intramolecular Hbond substituents is 1. The molecule has 0 saturated carbocycles. The molecule has 1 aliphatic rings. The van der Waals surface area contributed by atoms with Crippen molar-refractivity contribution in [3.05, 3.63) is 45.9 Å². The number of nitrogens with zero attached hydrogens (tertiary/aromatic N) is 1. The Balaban J connectivity index is 2.07. The van der Waals surface area contributed by atoms with Crippen molar-refractivity contribution in [1.82, 2.24) is 4.31 Å². The number of phenols is 1. The third kappa shape index (κ3) is 4.30. The van der Waals surface area contributed by atoms with Gasteiger partial charge in [0.25, 0.3) is 5.91 Å². The SMILES string of the molecule is [B]c1cc(/C=C2\C(=O)Nc3ccc(S(=O)(=O)N(CCO)CCO)cc32)cc(Br)c1O. The Labute approximate surface area is 183 Å². The Kier molecular flexibility index (Phi) is 6.68. The number of halogens is 1. The molecule has 1 aliphatic heterocycles. The Bertz CT molecular complexity index is 1110. The number of carbonyl (C=O) groups excluding carboxylic acids is 1. The highest BCUT2D eigenvalue weighted by Gasteiger charge is 2.29. The lowest BCUT2D eigenvalue weighted by atomic mass is 9.92. The zero-order valence-electron chi connectivity index (χ0n) is 15.7. The highest BCUT2D eigenvalue weighted by atomic mass is 79.9. The summed E-state index contributed by atoms with van der Waals surface area (Å²) in [5.74, 6) is -0.528. The number of amides is 1. The van der Waals surface area contributed by atoms with Crippen molar-refractivity contribution in [2.45, 2.75) is 4.90 Å². The highest BCUT2D eigenvalue weighted by Crippen LogP contribution is 2.36. The van der Waals surface area contributed by atoms with E-state index in [1.54, 1.807) is 6.07 Å². The average Bonchev–Trinajstić information content (AvgIpc) is 3.00. The van der Waals surface area contributed by atoms with Crippen molar-refractivity contribution >= 4 is 62.5 Å². The lowest BCUT2D eigenvalue weighted by molar-refractivity contribution is -0.110. The van der Waals surface area contributed by atoms with Crippen molar-refractivity contribution in [3.63, 3.8) is 0 Å². The quantitative estimate of drug-likeness (QED) is 0.327. The van der Waals surface area contributed by atoms with E-state index in [0.29, 0.717) is 21.3 Å². The van der Waals surface area contributed by atoms with Crippen LogP contribution >= 0.6 is 15.9 Å². The predicted octanol–water partition coefficient (Wildman–Crippen LogP) is 0.417. The molecule has 3 rings (SSSR count). The molecule has 0 bridgehead atoms. The van der Waals surface area contributed by atoms with Crippen LogP contribution in [0.2, 0.25) is 0 Å². The minimum atomic E-state index is -3.99. The van der Waals surface area contributed by atoms with Crippen molar-refractivity contribution < 1.29 is 28.5 Å². The smallest absolute Gasteiger partial charge is 0.256 e. The summed E-state index contributed by atoms with van der Waals surface area (Å²) >= 11 is 3.19. The number of aromatic hydroxyl groups is 1. The first-order valence-corrected chi connectivity index (χ1v) is 11.1. The van der Waals surface area contributed by atoms with Crippen LogP contribution in [0, 0.1) is 0 Å². The summed E-state index contributed by atoms with van der Waals surface area (Å²) in [5, 5.41) is 30.8. The molecule has 11 heteroatoms. The van der Waals surface area contributed by atoms with Crippen LogP contribution < -0.4 is 10.8 Å². The maximum Gasteiger partial charge on any atom is 0.256 e. The lowest BCUT2D eigenvalue weighted by Crippen LogP contribution is -2.35. The zero-order valence-corrected chi connectivity index (χ0v) is 18.1. The van der Waals surface area contributed by atoms with Crippen molar-refractivity contribution in [2.75, 3.05) is 31.6 Å². The number of anilines is 1. The van der Waals surface area contributed by atoms with Gasteiger partial charge < -0.3 is 20.6 Å². The molecule has 8 nitrogen and oxygen atoms in total. The Morgan fingerprint density at radius 1 is 1.13 bits per heavy atom. The van der Waals surface area contributed by atoms with Gasteiger partial charge in [-0.15, -0.1) is 0 Å². The van der Waals surface area contributed by atoms with Crippen LogP contribution in [0.1, 0.15) is 11.1 Å². The van der Waals surface area contributed by atoms with Gasteiger partial charge in [-0.25, -0.2) is 8.42 Å². The highest BCUT2D eigenvalue weighted by molar-refractivity contribution is 9.10. The maximum absolute atomic E-state index is 12.9. The molecular weight excluding hydrogens is 475 g/mol. The third-order valence-corrected chi connectivity index (χ3v) is 7.04. The molecule has 1 amide bonds. The van der Waals surface area contributed by atoms with Gasteiger partial charge in [0.2, 0.25) is 10.0 Å².